The Balaban J connectivity index is 3.32. The number of nitriles is 1. The van der Waals surface area contributed by atoms with Gasteiger partial charge in [0.25, 0.3) is 5.69 Å². The molecule has 1 rings (SSSR count). The molecule has 0 saturated heterocycles. The Morgan fingerprint density at radius 2 is 2.19 bits per heavy atom. The Hall–Kier alpha value is -2.43. The number of nitrogens with zero attached hydrogens (tertiary/aromatic N) is 2. The van der Waals surface area contributed by atoms with Crippen LogP contribution in [0.5, 0.6) is 5.75 Å². The monoisotopic (exact) mass is 229 g/mol. The predicted octanol–water partition coefficient (Wildman–Crippen LogP) is 1.65. The molecule has 2 N–H and O–H groups in total. The first kappa shape index (κ1) is 11.6. The second kappa shape index (κ2) is 4.39. The van der Waals surface area contributed by atoms with Crippen molar-refractivity contribution < 1.29 is 18.4 Å². The fourth-order valence-electron chi connectivity index (χ4n) is 1.02. The molecule has 0 saturated carbocycles. The van der Waals surface area contributed by atoms with Crippen LogP contribution in [0.4, 0.5) is 20.2 Å². The number of anilines is 1. The van der Waals surface area contributed by atoms with Gasteiger partial charge in [-0.3, -0.25) is 10.1 Å². The molecule has 0 heterocycles. The van der Waals surface area contributed by atoms with Gasteiger partial charge in [-0.2, -0.15) is 14.0 Å². The van der Waals surface area contributed by atoms with Crippen LogP contribution in [0.15, 0.2) is 12.1 Å². The van der Waals surface area contributed by atoms with E-state index in [-0.39, 0.29) is 5.56 Å². The van der Waals surface area contributed by atoms with Crippen LogP contribution in [0.3, 0.4) is 0 Å². The topological polar surface area (TPSA) is 102 Å². The van der Waals surface area contributed by atoms with Gasteiger partial charge in [-0.25, -0.2) is 0 Å². The lowest BCUT2D eigenvalue weighted by Gasteiger charge is -2.07. The van der Waals surface area contributed by atoms with Crippen LogP contribution in [0.25, 0.3) is 0 Å². The second-order valence-electron chi connectivity index (χ2n) is 2.65. The van der Waals surface area contributed by atoms with Gasteiger partial charge in [0.15, 0.2) is 11.4 Å². The van der Waals surface area contributed by atoms with Crippen LogP contribution in [0.2, 0.25) is 0 Å². The van der Waals surface area contributed by atoms with E-state index in [1.165, 1.54) is 0 Å². The zero-order chi connectivity index (χ0) is 12.3. The van der Waals surface area contributed by atoms with Crippen molar-refractivity contribution >= 4 is 11.4 Å². The normalized spacial score (nSPS) is 9.88. The first-order chi connectivity index (χ1) is 7.45. The van der Waals surface area contributed by atoms with Gasteiger partial charge >= 0.3 is 6.61 Å². The number of halogens is 2. The van der Waals surface area contributed by atoms with Crippen LogP contribution in [-0.4, -0.2) is 11.5 Å². The van der Waals surface area contributed by atoms with Crippen molar-refractivity contribution in [3.8, 4) is 11.8 Å². The van der Waals surface area contributed by atoms with Crippen LogP contribution in [-0.2, 0) is 0 Å². The number of alkyl halides is 2. The molecule has 0 unspecified atom stereocenters. The van der Waals surface area contributed by atoms with Crippen LogP contribution in [0, 0.1) is 21.4 Å². The first-order valence-corrected chi connectivity index (χ1v) is 3.88. The number of nitro groups is 1. The molecule has 0 bridgehead atoms. The number of nitrogens with two attached hydrogens (primary N) is 1. The van der Waals surface area contributed by atoms with Crippen molar-refractivity contribution in [2.24, 2.45) is 0 Å². The molecular weight excluding hydrogens is 224 g/mol. The molecule has 1 aromatic carbocycles. The summed E-state index contributed by atoms with van der Waals surface area (Å²) in [6.45, 7) is -3.17. The largest absolute Gasteiger partial charge is 0.432 e. The van der Waals surface area contributed by atoms with Crippen molar-refractivity contribution in [3.05, 3.63) is 27.8 Å². The summed E-state index contributed by atoms with van der Waals surface area (Å²) in [4.78, 5) is 9.62. The molecule has 0 amide bonds. The van der Waals surface area contributed by atoms with Crippen molar-refractivity contribution in [1.29, 1.82) is 5.26 Å². The molecule has 0 aromatic heterocycles. The number of hydrogen-bond acceptors (Lipinski definition) is 5. The van der Waals surface area contributed by atoms with Gasteiger partial charge in [0, 0.05) is 12.1 Å². The molecule has 0 aliphatic rings. The van der Waals surface area contributed by atoms with Gasteiger partial charge in [0.2, 0.25) is 0 Å². The number of rotatable bonds is 3. The van der Waals surface area contributed by atoms with E-state index < -0.39 is 28.7 Å². The Morgan fingerprint density at radius 3 is 2.62 bits per heavy atom. The lowest BCUT2D eigenvalue weighted by atomic mass is 10.1. The SMILES string of the molecule is N#Cc1cc(OC(F)F)c(N)c([N+](=O)[O-])c1. The molecule has 0 spiro atoms. The predicted molar refractivity (Wildman–Crippen MR) is 48.9 cm³/mol. The van der Waals surface area contributed by atoms with Gasteiger partial charge < -0.3 is 10.5 Å². The fourth-order valence-corrected chi connectivity index (χ4v) is 1.02. The summed E-state index contributed by atoms with van der Waals surface area (Å²) < 4.78 is 27.8. The number of benzene rings is 1. The lowest BCUT2D eigenvalue weighted by Crippen LogP contribution is -2.06. The Bertz CT molecular complexity index is 470. The maximum atomic E-state index is 11.9. The van der Waals surface area contributed by atoms with Gasteiger partial charge in [-0.1, -0.05) is 0 Å². The standard InChI is InChI=1S/C8H5F2N3O3/c9-8(10)16-6-2-4(3-11)1-5(7(6)12)13(14)15/h1-2,8H,12H2. The average molecular weight is 229 g/mol. The molecule has 0 aliphatic carbocycles. The molecule has 6 nitrogen and oxygen atoms in total. The molecule has 1 aromatic rings. The summed E-state index contributed by atoms with van der Waals surface area (Å²) in [5, 5.41) is 19.0. The Labute approximate surface area is 88.0 Å². The molecule has 8 heteroatoms. The highest BCUT2D eigenvalue weighted by molar-refractivity contribution is 5.69. The van der Waals surface area contributed by atoms with Crippen LogP contribution < -0.4 is 10.5 Å². The summed E-state index contributed by atoms with van der Waals surface area (Å²) >= 11 is 0. The van der Waals surface area contributed by atoms with E-state index in [0.29, 0.717) is 0 Å². The summed E-state index contributed by atoms with van der Waals surface area (Å²) in [6, 6.07) is 3.37. The number of ether oxygens (including phenoxy) is 1. The zero-order valence-corrected chi connectivity index (χ0v) is 7.68. The lowest BCUT2D eigenvalue weighted by molar-refractivity contribution is -0.384. The summed E-state index contributed by atoms with van der Waals surface area (Å²) in [7, 11) is 0. The van der Waals surface area contributed by atoms with E-state index in [9.17, 15) is 18.9 Å². The van der Waals surface area contributed by atoms with Gasteiger partial charge in [-0.15, -0.1) is 0 Å². The van der Waals surface area contributed by atoms with Gasteiger partial charge in [0.1, 0.15) is 0 Å². The van der Waals surface area contributed by atoms with E-state index in [4.69, 9.17) is 11.0 Å². The summed E-state index contributed by atoms with van der Waals surface area (Å²) in [5.74, 6) is -0.583. The maximum Gasteiger partial charge on any atom is 0.387 e. The molecular formula is C8H5F2N3O3. The van der Waals surface area contributed by atoms with Crippen molar-refractivity contribution in [3.63, 3.8) is 0 Å². The van der Waals surface area contributed by atoms with E-state index in [1.807, 2.05) is 0 Å². The minimum atomic E-state index is -3.17. The second-order valence-corrected chi connectivity index (χ2v) is 2.65. The number of nitro benzene ring substituents is 1. The highest BCUT2D eigenvalue weighted by Crippen LogP contribution is 2.33. The fraction of sp³-hybridized carbons (Fsp3) is 0.125. The smallest absolute Gasteiger partial charge is 0.387 e. The van der Waals surface area contributed by atoms with Crippen molar-refractivity contribution in [1.82, 2.24) is 0 Å². The Morgan fingerprint density at radius 1 is 1.56 bits per heavy atom. The van der Waals surface area contributed by atoms with E-state index in [2.05, 4.69) is 4.74 Å². The summed E-state index contributed by atoms with van der Waals surface area (Å²) in [5.41, 5.74) is 3.88. The zero-order valence-electron chi connectivity index (χ0n) is 7.68. The minimum Gasteiger partial charge on any atom is -0.432 e. The maximum absolute atomic E-state index is 11.9. The van der Waals surface area contributed by atoms with Gasteiger partial charge in [-0.05, 0) is 0 Å². The minimum absolute atomic E-state index is 0.184. The third kappa shape index (κ3) is 2.33. The molecule has 84 valence electrons. The van der Waals surface area contributed by atoms with E-state index in [1.54, 1.807) is 6.07 Å². The molecule has 0 atom stereocenters. The van der Waals surface area contributed by atoms with Crippen LogP contribution >= 0.6 is 0 Å². The first-order valence-electron chi connectivity index (χ1n) is 3.88. The quantitative estimate of drug-likeness (QED) is 0.482. The Kier molecular flexibility index (Phi) is 3.20. The molecule has 0 radical (unpaired) electrons. The third-order valence-corrected chi connectivity index (χ3v) is 1.66. The van der Waals surface area contributed by atoms with E-state index in [0.717, 1.165) is 12.1 Å². The van der Waals surface area contributed by atoms with E-state index >= 15 is 0 Å². The average Bonchev–Trinajstić information content (AvgIpc) is 2.19. The third-order valence-electron chi connectivity index (χ3n) is 1.66. The highest BCUT2D eigenvalue weighted by Gasteiger charge is 2.20. The number of hydrogen-bond donors (Lipinski definition) is 1. The van der Waals surface area contributed by atoms with Crippen molar-refractivity contribution in [2.75, 3.05) is 5.73 Å². The highest BCUT2D eigenvalue weighted by atomic mass is 19.3. The molecule has 16 heavy (non-hydrogen) atoms. The summed E-state index contributed by atoms with van der Waals surface area (Å²) in [6.07, 6.45) is 0. The van der Waals surface area contributed by atoms with Crippen LogP contribution in [0.1, 0.15) is 5.56 Å². The molecule has 0 fully saturated rings. The van der Waals surface area contributed by atoms with Gasteiger partial charge in [0.05, 0.1) is 16.6 Å². The van der Waals surface area contributed by atoms with Crippen molar-refractivity contribution in [2.45, 2.75) is 6.61 Å². The number of nitrogen functional groups attached to an aromatic ring is 1. The molecule has 0 aliphatic heterocycles.